The van der Waals surface area contributed by atoms with Gasteiger partial charge >= 0.3 is 5.97 Å². The van der Waals surface area contributed by atoms with Gasteiger partial charge in [0.15, 0.2) is 0 Å². The molecule has 0 bridgehead atoms. The van der Waals surface area contributed by atoms with Gasteiger partial charge in [-0.15, -0.1) is 0 Å². The Morgan fingerprint density at radius 2 is 1.97 bits per heavy atom. The second-order valence-corrected chi connectivity index (χ2v) is 8.33. The average Bonchev–Trinajstić information content (AvgIpc) is 3.47. The van der Waals surface area contributed by atoms with Crippen LogP contribution in [0, 0.1) is 6.92 Å². The fourth-order valence-corrected chi connectivity index (χ4v) is 3.96. The third kappa shape index (κ3) is 6.93. The minimum atomic E-state index is -0.532. The Kier molecular flexibility index (Phi) is 8.88. The molecule has 7 nitrogen and oxygen atoms in total. The number of nitrogens with zero attached hydrogens (tertiary/aromatic N) is 2. The number of furan rings is 1. The molecule has 1 saturated heterocycles. The van der Waals surface area contributed by atoms with Crippen LogP contribution < -0.4 is 0 Å². The van der Waals surface area contributed by atoms with Crippen LogP contribution in [0.15, 0.2) is 46.9 Å². The van der Waals surface area contributed by atoms with E-state index in [1.54, 1.807) is 11.8 Å². The molecule has 1 fully saturated rings. The summed E-state index contributed by atoms with van der Waals surface area (Å²) in [5.74, 6) is 1.16. The average molecular weight is 443 g/mol. The van der Waals surface area contributed by atoms with E-state index < -0.39 is 6.04 Å². The molecule has 2 heterocycles. The van der Waals surface area contributed by atoms with Crippen molar-refractivity contribution >= 4 is 11.9 Å². The molecule has 0 N–H and O–H groups in total. The zero-order valence-electron chi connectivity index (χ0n) is 19.3. The molecule has 174 valence electrons. The van der Waals surface area contributed by atoms with Gasteiger partial charge < -0.3 is 18.8 Å². The highest BCUT2D eigenvalue weighted by Crippen LogP contribution is 2.17. The molecular formula is C25H34N2O5. The van der Waals surface area contributed by atoms with Gasteiger partial charge in [0.05, 0.1) is 26.3 Å². The van der Waals surface area contributed by atoms with Gasteiger partial charge in [-0.1, -0.05) is 30.3 Å². The predicted molar refractivity (Wildman–Crippen MR) is 121 cm³/mol. The van der Waals surface area contributed by atoms with E-state index in [0.29, 0.717) is 19.6 Å². The molecule has 0 saturated carbocycles. The third-order valence-electron chi connectivity index (χ3n) is 5.90. The molecule has 0 radical (unpaired) electrons. The van der Waals surface area contributed by atoms with Gasteiger partial charge in [0.1, 0.15) is 17.6 Å². The van der Waals surface area contributed by atoms with Crippen molar-refractivity contribution in [2.45, 2.75) is 51.8 Å². The number of ether oxygens (including phenoxy) is 2. The maximum Gasteiger partial charge on any atom is 0.322 e. The standard InChI is InChI=1S/C25H34N2O5/c1-19-11-12-23(32-19)17-26(14-13-21-8-5-4-6-9-21)24(28)18-27(20(2)25(29)30-3)16-22-10-7-15-31-22/h4-6,8-9,11-12,20,22H,7,10,13-18H2,1-3H3/t20-,22-/m1/s1. The zero-order chi connectivity index (χ0) is 22.9. The summed E-state index contributed by atoms with van der Waals surface area (Å²) in [6.07, 6.45) is 2.70. The van der Waals surface area contributed by atoms with E-state index in [4.69, 9.17) is 13.9 Å². The van der Waals surface area contributed by atoms with Crippen LogP contribution in [0.5, 0.6) is 0 Å². The van der Waals surface area contributed by atoms with E-state index in [-0.39, 0.29) is 24.5 Å². The first kappa shape index (κ1) is 24.0. The summed E-state index contributed by atoms with van der Waals surface area (Å²) in [4.78, 5) is 29.3. The summed E-state index contributed by atoms with van der Waals surface area (Å²) in [5, 5.41) is 0. The molecule has 1 aromatic carbocycles. The molecule has 0 unspecified atom stereocenters. The lowest BCUT2D eigenvalue weighted by molar-refractivity contribution is -0.148. The van der Waals surface area contributed by atoms with Crippen LogP contribution in [-0.4, -0.2) is 67.2 Å². The molecule has 2 atom stereocenters. The molecule has 0 spiro atoms. The van der Waals surface area contributed by atoms with Crippen molar-refractivity contribution in [1.82, 2.24) is 9.80 Å². The SMILES string of the molecule is COC(=O)[C@@H](C)N(CC(=O)N(CCc1ccccc1)Cc1ccc(C)o1)C[C@H]1CCCO1. The van der Waals surface area contributed by atoms with E-state index in [0.717, 1.165) is 37.4 Å². The molecule has 2 aromatic rings. The van der Waals surface area contributed by atoms with Gasteiger partial charge in [-0.05, 0) is 50.8 Å². The molecule has 1 aliphatic rings. The Balaban J connectivity index is 1.72. The topological polar surface area (TPSA) is 72.2 Å². The largest absolute Gasteiger partial charge is 0.468 e. The van der Waals surface area contributed by atoms with Crippen molar-refractivity contribution in [2.24, 2.45) is 0 Å². The Morgan fingerprint density at radius 3 is 2.59 bits per heavy atom. The Hall–Kier alpha value is -2.64. The highest BCUT2D eigenvalue weighted by molar-refractivity contribution is 5.80. The summed E-state index contributed by atoms with van der Waals surface area (Å²) in [6, 6.07) is 13.4. The van der Waals surface area contributed by atoms with Gasteiger partial charge in [-0.3, -0.25) is 14.5 Å². The van der Waals surface area contributed by atoms with Gasteiger partial charge in [-0.25, -0.2) is 0 Å². The molecule has 3 rings (SSSR count). The Bertz CT molecular complexity index is 860. The summed E-state index contributed by atoms with van der Waals surface area (Å²) in [5.41, 5.74) is 1.17. The first-order valence-electron chi connectivity index (χ1n) is 11.3. The normalized spacial score (nSPS) is 16.8. The molecule has 1 amide bonds. The van der Waals surface area contributed by atoms with E-state index in [1.807, 2.05) is 42.2 Å². The van der Waals surface area contributed by atoms with Crippen LogP contribution in [0.4, 0.5) is 0 Å². The highest BCUT2D eigenvalue weighted by Gasteiger charge is 2.30. The maximum atomic E-state index is 13.4. The fourth-order valence-electron chi connectivity index (χ4n) is 3.96. The summed E-state index contributed by atoms with van der Waals surface area (Å²) >= 11 is 0. The van der Waals surface area contributed by atoms with Gasteiger partial charge in [0.2, 0.25) is 5.91 Å². The first-order chi connectivity index (χ1) is 15.5. The van der Waals surface area contributed by atoms with E-state index in [2.05, 4.69) is 12.1 Å². The second kappa shape index (κ2) is 11.8. The molecular weight excluding hydrogens is 408 g/mol. The summed E-state index contributed by atoms with van der Waals surface area (Å²) < 4.78 is 16.4. The number of carbonyl (C=O) groups is 2. The lowest BCUT2D eigenvalue weighted by Crippen LogP contribution is -2.49. The Morgan fingerprint density at radius 1 is 1.19 bits per heavy atom. The van der Waals surface area contributed by atoms with Crippen LogP contribution in [0.25, 0.3) is 0 Å². The van der Waals surface area contributed by atoms with Gasteiger partial charge in [0.25, 0.3) is 0 Å². The minimum Gasteiger partial charge on any atom is -0.468 e. The van der Waals surface area contributed by atoms with Crippen molar-refractivity contribution in [2.75, 3.05) is 33.4 Å². The van der Waals surface area contributed by atoms with Gasteiger partial charge in [0, 0.05) is 19.7 Å². The van der Waals surface area contributed by atoms with Crippen LogP contribution in [-0.2, 0) is 32.0 Å². The number of benzene rings is 1. The summed E-state index contributed by atoms with van der Waals surface area (Å²) in [6.45, 7) is 5.97. The smallest absolute Gasteiger partial charge is 0.322 e. The van der Waals surface area contributed by atoms with Crippen LogP contribution in [0.1, 0.15) is 36.8 Å². The van der Waals surface area contributed by atoms with E-state index in [1.165, 1.54) is 12.7 Å². The van der Waals surface area contributed by atoms with E-state index >= 15 is 0 Å². The maximum absolute atomic E-state index is 13.4. The molecule has 7 heteroatoms. The molecule has 0 aliphatic carbocycles. The number of aryl methyl sites for hydroxylation is 1. The quantitative estimate of drug-likeness (QED) is 0.498. The number of hydrogen-bond acceptors (Lipinski definition) is 6. The lowest BCUT2D eigenvalue weighted by Gasteiger charge is -2.31. The fraction of sp³-hybridized carbons (Fsp3) is 0.520. The van der Waals surface area contributed by atoms with Crippen LogP contribution in [0.3, 0.4) is 0 Å². The predicted octanol–water partition coefficient (Wildman–Crippen LogP) is 3.20. The number of esters is 1. The van der Waals surface area contributed by atoms with Crippen molar-refractivity contribution in [3.8, 4) is 0 Å². The molecule has 1 aromatic heterocycles. The van der Waals surface area contributed by atoms with E-state index in [9.17, 15) is 9.59 Å². The number of methoxy groups -OCH3 is 1. The van der Waals surface area contributed by atoms with Crippen molar-refractivity contribution < 1.29 is 23.5 Å². The van der Waals surface area contributed by atoms with Crippen molar-refractivity contribution in [3.05, 3.63) is 59.5 Å². The van der Waals surface area contributed by atoms with Crippen LogP contribution in [0.2, 0.25) is 0 Å². The minimum absolute atomic E-state index is 0.0281. The Labute approximate surface area is 190 Å². The second-order valence-electron chi connectivity index (χ2n) is 8.33. The third-order valence-corrected chi connectivity index (χ3v) is 5.90. The molecule has 32 heavy (non-hydrogen) atoms. The van der Waals surface area contributed by atoms with Crippen molar-refractivity contribution in [3.63, 3.8) is 0 Å². The summed E-state index contributed by atoms with van der Waals surface area (Å²) in [7, 11) is 1.37. The highest BCUT2D eigenvalue weighted by atomic mass is 16.5. The monoisotopic (exact) mass is 442 g/mol. The van der Waals surface area contributed by atoms with Gasteiger partial charge in [-0.2, -0.15) is 0 Å². The molecule has 1 aliphatic heterocycles. The number of rotatable bonds is 11. The van der Waals surface area contributed by atoms with Crippen LogP contribution >= 0.6 is 0 Å². The first-order valence-corrected chi connectivity index (χ1v) is 11.3. The van der Waals surface area contributed by atoms with Crippen molar-refractivity contribution in [1.29, 1.82) is 0 Å². The number of amides is 1. The lowest BCUT2D eigenvalue weighted by atomic mass is 10.1. The number of carbonyl (C=O) groups excluding carboxylic acids is 2. The zero-order valence-corrected chi connectivity index (χ0v) is 19.3. The number of hydrogen-bond donors (Lipinski definition) is 0.